The predicted molar refractivity (Wildman–Crippen MR) is 101 cm³/mol. The normalized spacial score (nSPS) is 18.5. The first-order valence-corrected chi connectivity index (χ1v) is 8.45. The second-order valence-electron chi connectivity index (χ2n) is 6.77. The van der Waals surface area contributed by atoms with Crippen molar-refractivity contribution in [2.45, 2.75) is 19.3 Å². The lowest BCUT2D eigenvalue weighted by Gasteiger charge is -2.31. The molecule has 1 unspecified atom stereocenters. The molecule has 3 aromatic rings. The molecule has 0 saturated heterocycles. The SMILES string of the molecule is Cc1ccc(C2(c3ccc(O)cc3C)C(=O)Nc3ccccc32)c(O)c1. The van der Waals surface area contributed by atoms with Crippen LogP contribution in [0.15, 0.2) is 60.7 Å². The largest absolute Gasteiger partial charge is 0.508 e. The number of carbonyl (C=O) groups is 1. The molecule has 0 spiro atoms. The van der Waals surface area contributed by atoms with E-state index in [9.17, 15) is 15.0 Å². The van der Waals surface area contributed by atoms with Crippen LogP contribution in [0, 0.1) is 13.8 Å². The summed E-state index contributed by atoms with van der Waals surface area (Å²) in [5, 5.41) is 23.5. The molecule has 130 valence electrons. The summed E-state index contributed by atoms with van der Waals surface area (Å²) in [5.74, 6) is -0.00260. The third kappa shape index (κ3) is 2.12. The molecule has 0 saturated carbocycles. The lowest BCUT2D eigenvalue weighted by Crippen LogP contribution is -2.37. The second-order valence-corrected chi connectivity index (χ2v) is 6.77. The van der Waals surface area contributed by atoms with Crippen LogP contribution < -0.4 is 5.32 Å². The molecule has 1 amide bonds. The Kier molecular flexibility index (Phi) is 3.51. The van der Waals surface area contributed by atoms with Crippen LogP contribution in [0.3, 0.4) is 0 Å². The highest BCUT2D eigenvalue weighted by Gasteiger charge is 2.51. The van der Waals surface area contributed by atoms with Crippen molar-refractivity contribution in [1.29, 1.82) is 0 Å². The Labute approximate surface area is 151 Å². The van der Waals surface area contributed by atoms with E-state index >= 15 is 0 Å². The van der Waals surface area contributed by atoms with Gasteiger partial charge in [0.2, 0.25) is 5.91 Å². The highest BCUT2D eigenvalue weighted by Crippen LogP contribution is 2.51. The zero-order chi connectivity index (χ0) is 18.5. The Morgan fingerprint density at radius 2 is 1.58 bits per heavy atom. The van der Waals surface area contributed by atoms with Crippen molar-refractivity contribution in [3.05, 3.63) is 88.5 Å². The van der Waals surface area contributed by atoms with Crippen LogP contribution in [0.1, 0.15) is 27.8 Å². The first-order valence-electron chi connectivity index (χ1n) is 8.45. The molecule has 3 aromatic carbocycles. The monoisotopic (exact) mass is 345 g/mol. The standard InChI is InChI=1S/C22H19NO3/c1-13-7-9-18(20(25)11-13)22(16-10-8-15(24)12-14(16)2)17-5-3-4-6-19(17)23-21(22)26/h3-12,24-25H,1-2H3,(H,23,26). The highest BCUT2D eigenvalue weighted by molar-refractivity contribution is 6.12. The van der Waals surface area contributed by atoms with Crippen LogP contribution in [0.4, 0.5) is 5.69 Å². The van der Waals surface area contributed by atoms with Crippen molar-refractivity contribution in [3.8, 4) is 11.5 Å². The summed E-state index contributed by atoms with van der Waals surface area (Å²) in [6, 6.07) is 17.8. The van der Waals surface area contributed by atoms with Gasteiger partial charge in [0.05, 0.1) is 0 Å². The molecule has 0 radical (unpaired) electrons. The fraction of sp³-hybridized carbons (Fsp3) is 0.136. The average Bonchev–Trinajstić information content (AvgIpc) is 2.88. The number of carbonyl (C=O) groups excluding carboxylic acids is 1. The molecule has 4 nitrogen and oxygen atoms in total. The molecular formula is C22H19NO3. The van der Waals surface area contributed by atoms with Gasteiger partial charge in [0.1, 0.15) is 16.9 Å². The molecule has 4 rings (SSSR count). The Morgan fingerprint density at radius 1 is 0.846 bits per heavy atom. The summed E-state index contributed by atoms with van der Waals surface area (Å²) < 4.78 is 0. The number of hydrogen-bond acceptors (Lipinski definition) is 3. The molecule has 1 aliphatic rings. The summed E-state index contributed by atoms with van der Waals surface area (Å²) >= 11 is 0. The average molecular weight is 345 g/mol. The van der Waals surface area contributed by atoms with Gasteiger partial charge in [-0.2, -0.15) is 0 Å². The number of benzene rings is 3. The van der Waals surface area contributed by atoms with Crippen LogP contribution in [0.5, 0.6) is 11.5 Å². The number of aromatic hydroxyl groups is 2. The van der Waals surface area contributed by atoms with Crippen molar-refractivity contribution >= 4 is 11.6 Å². The molecule has 0 fully saturated rings. The molecule has 4 heteroatoms. The minimum atomic E-state index is -1.17. The van der Waals surface area contributed by atoms with Gasteiger partial charge in [-0.15, -0.1) is 0 Å². The molecule has 3 N–H and O–H groups in total. The number of aryl methyl sites for hydroxylation is 2. The Morgan fingerprint density at radius 3 is 2.31 bits per heavy atom. The summed E-state index contributed by atoms with van der Waals surface area (Å²) in [6.45, 7) is 3.75. The van der Waals surface area contributed by atoms with Gasteiger partial charge in [-0.1, -0.05) is 36.4 Å². The lowest BCUT2D eigenvalue weighted by atomic mass is 9.68. The number of phenolic OH excluding ortho intramolecular Hbond substituents is 2. The van der Waals surface area contributed by atoms with Gasteiger partial charge in [-0.05, 0) is 54.8 Å². The van der Waals surface area contributed by atoms with Crippen molar-refractivity contribution in [2.24, 2.45) is 0 Å². The maximum absolute atomic E-state index is 13.3. The summed E-state index contributed by atoms with van der Waals surface area (Å²) in [7, 11) is 0. The van der Waals surface area contributed by atoms with Gasteiger partial charge in [0.25, 0.3) is 0 Å². The molecule has 1 atom stereocenters. The number of hydrogen-bond donors (Lipinski definition) is 3. The van der Waals surface area contributed by atoms with E-state index in [1.165, 1.54) is 0 Å². The van der Waals surface area contributed by atoms with Crippen LogP contribution in [-0.2, 0) is 10.2 Å². The number of amides is 1. The topological polar surface area (TPSA) is 69.6 Å². The van der Waals surface area contributed by atoms with E-state index in [2.05, 4.69) is 5.32 Å². The number of fused-ring (bicyclic) bond motifs is 1. The zero-order valence-corrected chi connectivity index (χ0v) is 14.6. The molecule has 0 aromatic heterocycles. The molecule has 1 heterocycles. The van der Waals surface area contributed by atoms with Gasteiger partial charge < -0.3 is 15.5 Å². The van der Waals surface area contributed by atoms with Gasteiger partial charge in [0, 0.05) is 16.8 Å². The van der Waals surface area contributed by atoms with E-state index < -0.39 is 5.41 Å². The Bertz CT molecular complexity index is 988. The Balaban J connectivity index is 2.14. The first-order chi connectivity index (χ1) is 12.4. The molecule has 26 heavy (non-hydrogen) atoms. The quantitative estimate of drug-likeness (QED) is 0.657. The third-order valence-corrected chi connectivity index (χ3v) is 5.09. The fourth-order valence-electron chi connectivity index (χ4n) is 3.96. The van der Waals surface area contributed by atoms with Crippen molar-refractivity contribution in [1.82, 2.24) is 0 Å². The molecule has 0 aliphatic carbocycles. The predicted octanol–water partition coefficient (Wildman–Crippen LogP) is 4.00. The van der Waals surface area contributed by atoms with E-state index in [1.807, 2.05) is 44.2 Å². The van der Waals surface area contributed by atoms with Crippen LogP contribution in [0.25, 0.3) is 0 Å². The number of nitrogens with one attached hydrogen (secondary N) is 1. The maximum Gasteiger partial charge on any atom is 0.244 e. The van der Waals surface area contributed by atoms with Crippen LogP contribution >= 0.6 is 0 Å². The van der Waals surface area contributed by atoms with E-state index in [-0.39, 0.29) is 17.4 Å². The smallest absolute Gasteiger partial charge is 0.244 e. The summed E-state index contributed by atoms with van der Waals surface area (Å²) in [5.41, 5.74) is 3.29. The van der Waals surface area contributed by atoms with Gasteiger partial charge in [0.15, 0.2) is 0 Å². The molecular weight excluding hydrogens is 326 g/mol. The minimum Gasteiger partial charge on any atom is -0.508 e. The highest BCUT2D eigenvalue weighted by atomic mass is 16.3. The first kappa shape index (κ1) is 16.2. The van der Waals surface area contributed by atoms with Crippen molar-refractivity contribution in [3.63, 3.8) is 0 Å². The number of anilines is 1. The van der Waals surface area contributed by atoms with E-state index in [1.54, 1.807) is 30.3 Å². The lowest BCUT2D eigenvalue weighted by molar-refractivity contribution is -0.118. The number of phenols is 2. The van der Waals surface area contributed by atoms with E-state index in [0.29, 0.717) is 5.56 Å². The summed E-state index contributed by atoms with van der Waals surface area (Å²) in [6.07, 6.45) is 0. The molecule has 1 aliphatic heterocycles. The Hall–Kier alpha value is -3.27. The fourth-order valence-corrected chi connectivity index (χ4v) is 3.96. The number of para-hydroxylation sites is 1. The van der Waals surface area contributed by atoms with E-state index in [4.69, 9.17) is 0 Å². The van der Waals surface area contributed by atoms with Crippen LogP contribution in [-0.4, -0.2) is 16.1 Å². The molecule has 0 bridgehead atoms. The van der Waals surface area contributed by atoms with Crippen LogP contribution in [0.2, 0.25) is 0 Å². The van der Waals surface area contributed by atoms with Gasteiger partial charge >= 0.3 is 0 Å². The zero-order valence-electron chi connectivity index (χ0n) is 14.6. The number of rotatable bonds is 2. The minimum absolute atomic E-state index is 0.0735. The second kappa shape index (κ2) is 5.63. The summed E-state index contributed by atoms with van der Waals surface area (Å²) in [4.78, 5) is 13.3. The van der Waals surface area contributed by atoms with Gasteiger partial charge in [-0.3, -0.25) is 4.79 Å². The van der Waals surface area contributed by atoms with E-state index in [0.717, 1.165) is 27.9 Å². The van der Waals surface area contributed by atoms with Crippen molar-refractivity contribution in [2.75, 3.05) is 5.32 Å². The van der Waals surface area contributed by atoms with Gasteiger partial charge in [-0.25, -0.2) is 0 Å². The maximum atomic E-state index is 13.3. The van der Waals surface area contributed by atoms with Crippen molar-refractivity contribution < 1.29 is 15.0 Å². The third-order valence-electron chi connectivity index (χ3n) is 5.09.